The SMILES string of the molecule is Cc1ccc([C@@H](C(=O)NC2CCCCC2)N(C(=O)C(F)(F)F)c2ccc(Oc3ccccc3)cc2)s1. The van der Waals surface area contributed by atoms with Crippen LogP contribution in [0.2, 0.25) is 0 Å². The highest BCUT2D eigenvalue weighted by Crippen LogP contribution is 2.37. The molecule has 2 amide bonds. The molecule has 0 radical (unpaired) electrons. The van der Waals surface area contributed by atoms with E-state index in [1.807, 2.05) is 6.07 Å². The number of carbonyl (C=O) groups excluding carboxylic acids is 2. The third kappa shape index (κ3) is 6.26. The fraction of sp³-hybridized carbons (Fsp3) is 0.333. The fourth-order valence-electron chi connectivity index (χ4n) is 4.32. The van der Waals surface area contributed by atoms with E-state index >= 15 is 0 Å². The molecule has 9 heteroatoms. The Kier molecular flexibility index (Phi) is 7.98. The van der Waals surface area contributed by atoms with Gasteiger partial charge < -0.3 is 10.1 Å². The normalized spacial score (nSPS) is 15.2. The monoisotopic (exact) mass is 516 g/mol. The van der Waals surface area contributed by atoms with Gasteiger partial charge >= 0.3 is 12.1 Å². The average Bonchev–Trinajstić information content (AvgIpc) is 3.29. The molecule has 0 bridgehead atoms. The molecule has 190 valence electrons. The molecule has 3 aromatic rings. The summed E-state index contributed by atoms with van der Waals surface area (Å²) in [7, 11) is 0. The van der Waals surface area contributed by atoms with Gasteiger partial charge in [-0.2, -0.15) is 13.2 Å². The molecule has 1 aliphatic carbocycles. The zero-order valence-electron chi connectivity index (χ0n) is 19.8. The molecule has 4 rings (SSSR count). The van der Waals surface area contributed by atoms with Crippen molar-refractivity contribution in [1.29, 1.82) is 0 Å². The van der Waals surface area contributed by atoms with E-state index in [9.17, 15) is 22.8 Å². The molecule has 0 spiro atoms. The first-order valence-corrected chi connectivity index (χ1v) is 12.6. The summed E-state index contributed by atoms with van der Waals surface area (Å²) in [5.41, 5.74) is -0.0485. The van der Waals surface area contributed by atoms with E-state index < -0.39 is 24.0 Å². The van der Waals surface area contributed by atoms with Gasteiger partial charge in [-0.15, -0.1) is 11.3 Å². The van der Waals surface area contributed by atoms with Gasteiger partial charge in [-0.3, -0.25) is 14.5 Å². The van der Waals surface area contributed by atoms with Crippen molar-refractivity contribution in [1.82, 2.24) is 5.32 Å². The van der Waals surface area contributed by atoms with E-state index in [4.69, 9.17) is 4.74 Å². The minimum Gasteiger partial charge on any atom is -0.457 e. The predicted molar refractivity (Wildman–Crippen MR) is 133 cm³/mol. The number of aryl methyl sites for hydroxylation is 1. The number of nitrogens with one attached hydrogen (secondary N) is 1. The number of amides is 2. The smallest absolute Gasteiger partial charge is 0.457 e. The second-order valence-electron chi connectivity index (χ2n) is 8.78. The van der Waals surface area contributed by atoms with Gasteiger partial charge in [-0.05, 0) is 68.3 Å². The molecule has 0 saturated heterocycles. The standard InChI is InChI=1S/C27H27F3N2O3S/c1-18-12-17-23(36-18)24(25(33)31-19-8-4-2-5-9-19)32(26(34)27(28,29)30)20-13-15-22(16-14-20)35-21-10-6-3-7-11-21/h3,6-7,10-17,19,24H,2,4-5,8-9H2,1H3,(H,31,33)/t24-/m0/s1. The summed E-state index contributed by atoms with van der Waals surface area (Å²) in [5, 5.41) is 2.91. The number of rotatable bonds is 7. The molecule has 0 aliphatic heterocycles. The van der Waals surface area contributed by atoms with Crippen LogP contribution in [0.1, 0.15) is 47.9 Å². The van der Waals surface area contributed by atoms with Crippen molar-refractivity contribution in [3.63, 3.8) is 0 Å². The highest BCUT2D eigenvalue weighted by atomic mass is 32.1. The number of alkyl halides is 3. The summed E-state index contributed by atoms with van der Waals surface area (Å²) in [4.78, 5) is 28.0. The van der Waals surface area contributed by atoms with Crippen molar-refractivity contribution in [3.05, 3.63) is 76.5 Å². The number of hydrogen-bond acceptors (Lipinski definition) is 4. The number of hydrogen-bond donors (Lipinski definition) is 1. The Morgan fingerprint density at radius 3 is 2.17 bits per heavy atom. The van der Waals surface area contributed by atoms with E-state index in [0.29, 0.717) is 21.3 Å². The Morgan fingerprint density at radius 1 is 0.944 bits per heavy atom. The Hall–Kier alpha value is -3.33. The Morgan fingerprint density at radius 2 is 1.58 bits per heavy atom. The number of halogens is 3. The maximum absolute atomic E-state index is 13.8. The highest BCUT2D eigenvalue weighted by molar-refractivity contribution is 7.12. The zero-order valence-corrected chi connectivity index (χ0v) is 20.6. The van der Waals surface area contributed by atoms with Crippen molar-refractivity contribution in [2.24, 2.45) is 0 Å². The maximum Gasteiger partial charge on any atom is 0.471 e. The summed E-state index contributed by atoms with van der Waals surface area (Å²) < 4.78 is 47.2. The molecule has 0 unspecified atom stereocenters. The highest BCUT2D eigenvalue weighted by Gasteiger charge is 2.48. The van der Waals surface area contributed by atoms with Crippen molar-refractivity contribution < 1.29 is 27.5 Å². The molecular weight excluding hydrogens is 489 g/mol. The largest absolute Gasteiger partial charge is 0.471 e. The van der Waals surface area contributed by atoms with Crippen LogP contribution in [0, 0.1) is 6.92 Å². The van der Waals surface area contributed by atoms with Crippen LogP contribution in [0.4, 0.5) is 18.9 Å². The lowest BCUT2D eigenvalue weighted by molar-refractivity contribution is -0.171. The molecule has 36 heavy (non-hydrogen) atoms. The first kappa shape index (κ1) is 25.8. The van der Waals surface area contributed by atoms with Crippen LogP contribution in [-0.2, 0) is 9.59 Å². The number of thiophene rings is 1. The van der Waals surface area contributed by atoms with Gasteiger partial charge in [0, 0.05) is 21.5 Å². The summed E-state index contributed by atoms with van der Waals surface area (Å²) in [5.74, 6) is -1.77. The van der Waals surface area contributed by atoms with Crippen LogP contribution >= 0.6 is 11.3 Å². The van der Waals surface area contributed by atoms with Gasteiger partial charge in [0.2, 0.25) is 5.91 Å². The number of carbonyl (C=O) groups is 2. The molecule has 1 atom stereocenters. The molecule has 1 heterocycles. The zero-order chi connectivity index (χ0) is 25.7. The minimum atomic E-state index is -5.17. The lowest BCUT2D eigenvalue weighted by atomic mass is 9.95. The number of benzene rings is 2. The molecule has 5 nitrogen and oxygen atoms in total. The maximum atomic E-state index is 13.8. The van der Waals surface area contributed by atoms with Crippen molar-refractivity contribution in [2.75, 3.05) is 4.90 Å². The average molecular weight is 517 g/mol. The first-order chi connectivity index (χ1) is 17.2. The molecule has 1 saturated carbocycles. The van der Waals surface area contributed by atoms with Crippen molar-refractivity contribution in [2.45, 2.75) is 57.3 Å². The fourth-order valence-corrected chi connectivity index (χ4v) is 5.29. The number of anilines is 1. The molecule has 1 N–H and O–H groups in total. The lowest BCUT2D eigenvalue weighted by Gasteiger charge is -2.33. The summed E-state index contributed by atoms with van der Waals surface area (Å²) in [6.45, 7) is 1.80. The summed E-state index contributed by atoms with van der Waals surface area (Å²) in [6.07, 6.45) is -0.685. The van der Waals surface area contributed by atoms with Gasteiger partial charge in [0.1, 0.15) is 11.5 Å². The Balaban J connectivity index is 1.70. The van der Waals surface area contributed by atoms with Crippen LogP contribution in [0.5, 0.6) is 11.5 Å². The second kappa shape index (κ2) is 11.2. The van der Waals surface area contributed by atoms with Crippen LogP contribution in [0.3, 0.4) is 0 Å². The van der Waals surface area contributed by atoms with Gasteiger partial charge in [0.15, 0.2) is 6.04 Å². The predicted octanol–water partition coefficient (Wildman–Crippen LogP) is 6.93. The third-order valence-electron chi connectivity index (χ3n) is 6.04. The van der Waals surface area contributed by atoms with Gasteiger partial charge in [0.25, 0.3) is 0 Å². The number of nitrogens with zero attached hydrogens (tertiary/aromatic N) is 1. The topological polar surface area (TPSA) is 58.6 Å². The minimum absolute atomic E-state index is 0.0485. The van der Waals surface area contributed by atoms with Crippen LogP contribution in [0.25, 0.3) is 0 Å². The Labute approximate surface area is 211 Å². The lowest BCUT2D eigenvalue weighted by Crippen LogP contribution is -2.50. The van der Waals surface area contributed by atoms with Crippen LogP contribution in [0.15, 0.2) is 66.7 Å². The van der Waals surface area contributed by atoms with Crippen LogP contribution in [-0.4, -0.2) is 24.0 Å². The summed E-state index contributed by atoms with van der Waals surface area (Å²) >= 11 is 1.20. The van der Waals surface area contributed by atoms with Gasteiger partial charge in [0.05, 0.1) is 0 Å². The van der Waals surface area contributed by atoms with Crippen molar-refractivity contribution in [3.8, 4) is 11.5 Å². The van der Waals surface area contributed by atoms with Crippen molar-refractivity contribution >= 4 is 28.8 Å². The van der Waals surface area contributed by atoms with E-state index in [2.05, 4.69) is 5.32 Å². The van der Waals surface area contributed by atoms with E-state index in [-0.39, 0.29) is 11.7 Å². The molecule has 1 fully saturated rings. The second-order valence-corrected chi connectivity index (χ2v) is 10.1. The molecule has 2 aromatic carbocycles. The molecule has 1 aliphatic rings. The quantitative estimate of drug-likeness (QED) is 0.370. The van der Waals surface area contributed by atoms with Crippen LogP contribution < -0.4 is 15.0 Å². The number of ether oxygens (including phenoxy) is 1. The van der Waals surface area contributed by atoms with Gasteiger partial charge in [-0.25, -0.2) is 0 Å². The number of para-hydroxylation sites is 1. The van der Waals surface area contributed by atoms with Gasteiger partial charge in [-0.1, -0.05) is 37.5 Å². The molecule has 1 aromatic heterocycles. The first-order valence-electron chi connectivity index (χ1n) is 11.8. The molecular formula is C27H27F3N2O3S. The summed E-state index contributed by atoms with van der Waals surface area (Å²) in [6, 6.07) is 16.4. The van der Waals surface area contributed by atoms with E-state index in [1.54, 1.807) is 43.3 Å². The Bertz CT molecular complexity index is 1170. The van der Waals surface area contributed by atoms with E-state index in [1.165, 1.54) is 35.6 Å². The third-order valence-corrected chi connectivity index (χ3v) is 7.10. The van der Waals surface area contributed by atoms with E-state index in [0.717, 1.165) is 37.0 Å².